The number of rotatable bonds is 5. The van der Waals surface area contributed by atoms with Crippen molar-refractivity contribution in [2.24, 2.45) is 0 Å². The molecule has 2 saturated heterocycles. The van der Waals surface area contributed by atoms with E-state index in [1.807, 2.05) is 0 Å². The summed E-state index contributed by atoms with van der Waals surface area (Å²) in [5, 5.41) is 3.31. The fraction of sp³-hybridized carbons (Fsp3) is 0.333. The Morgan fingerprint density at radius 3 is 2.87 bits per heavy atom. The molecule has 9 heteroatoms. The third kappa shape index (κ3) is 4.54. The lowest BCUT2D eigenvalue weighted by Gasteiger charge is -2.32. The van der Waals surface area contributed by atoms with Crippen molar-refractivity contribution in [3.63, 3.8) is 0 Å². The van der Waals surface area contributed by atoms with Crippen LogP contribution in [0.15, 0.2) is 40.9 Å². The second kappa shape index (κ2) is 8.81. The lowest BCUT2D eigenvalue weighted by atomic mass is 10.0. The van der Waals surface area contributed by atoms with E-state index < -0.39 is 11.7 Å². The van der Waals surface area contributed by atoms with Gasteiger partial charge in [0.15, 0.2) is 0 Å². The maximum absolute atomic E-state index is 14.4. The zero-order valence-electron chi connectivity index (χ0n) is 15.9. The third-order valence-corrected chi connectivity index (χ3v) is 6.10. The van der Waals surface area contributed by atoms with Gasteiger partial charge in [0.25, 0.3) is 5.91 Å². The Kier molecular flexibility index (Phi) is 6.15. The summed E-state index contributed by atoms with van der Waals surface area (Å²) in [5.74, 6) is -0.798. The van der Waals surface area contributed by atoms with Crippen molar-refractivity contribution in [2.45, 2.75) is 31.5 Å². The number of hydrogen-bond acceptors (Lipinski definition) is 4. The quantitative estimate of drug-likeness (QED) is 0.659. The molecule has 2 atom stereocenters. The maximum Gasteiger partial charge on any atom is 0.410 e. The van der Waals surface area contributed by atoms with Gasteiger partial charge in [-0.15, -0.1) is 0 Å². The summed E-state index contributed by atoms with van der Waals surface area (Å²) in [5.41, 5.74) is 0.751. The fourth-order valence-electron chi connectivity index (χ4n) is 3.62. The van der Waals surface area contributed by atoms with Crippen molar-refractivity contribution >= 4 is 39.5 Å². The minimum absolute atomic E-state index is 0.0161. The van der Waals surface area contributed by atoms with Gasteiger partial charge in [-0.3, -0.25) is 4.79 Å². The molecule has 0 spiro atoms. The standard InChI is InChI=1S/C21H19BrClFN2O4/c22-17-9-18(24)16(20(27)25-10-12-1-3-13(23)4-2-12)8-19(17)30-15-5-6-26-14(7-15)11-29-21(26)28/h1-4,8-9,14-15H,5-7,10-11H2,(H,25,27)/t14-,15-/m0/s1. The number of ether oxygens (including phenoxy) is 2. The normalized spacial score (nSPS) is 20.5. The largest absolute Gasteiger partial charge is 0.489 e. The van der Waals surface area contributed by atoms with Crippen LogP contribution in [0.5, 0.6) is 5.75 Å². The van der Waals surface area contributed by atoms with Gasteiger partial charge < -0.3 is 19.7 Å². The Labute approximate surface area is 186 Å². The molecule has 2 aromatic carbocycles. The molecular formula is C21H19BrClFN2O4. The first-order chi connectivity index (χ1) is 14.4. The van der Waals surface area contributed by atoms with Crippen molar-refractivity contribution in [3.8, 4) is 5.75 Å². The van der Waals surface area contributed by atoms with Gasteiger partial charge in [0.2, 0.25) is 0 Å². The molecule has 2 aliphatic heterocycles. The second-order valence-corrected chi connectivity index (χ2v) is 8.55. The number of fused-ring (bicyclic) bond motifs is 1. The minimum atomic E-state index is -0.646. The van der Waals surface area contributed by atoms with Crippen molar-refractivity contribution in [1.82, 2.24) is 10.2 Å². The number of carbonyl (C=O) groups is 2. The van der Waals surface area contributed by atoms with Crippen LogP contribution in [0.2, 0.25) is 5.02 Å². The number of piperidine rings is 1. The van der Waals surface area contributed by atoms with Crippen molar-refractivity contribution in [3.05, 3.63) is 62.8 Å². The zero-order chi connectivity index (χ0) is 21.3. The number of cyclic esters (lactones) is 1. The number of nitrogens with zero attached hydrogens (tertiary/aromatic N) is 1. The first-order valence-electron chi connectivity index (χ1n) is 9.52. The highest BCUT2D eigenvalue weighted by molar-refractivity contribution is 9.10. The number of hydrogen-bond donors (Lipinski definition) is 1. The molecule has 0 radical (unpaired) electrons. The summed E-state index contributed by atoms with van der Waals surface area (Å²) in [6, 6.07) is 9.64. The van der Waals surface area contributed by atoms with Crippen LogP contribution >= 0.6 is 27.5 Å². The summed E-state index contributed by atoms with van der Waals surface area (Å²) in [6.45, 7) is 1.14. The van der Waals surface area contributed by atoms with E-state index in [0.29, 0.717) is 41.2 Å². The molecule has 2 amide bonds. The molecule has 0 aromatic heterocycles. The summed E-state index contributed by atoms with van der Waals surface area (Å²) >= 11 is 9.17. The Morgan fingerprint density at radius 2 is 2.10 bits per heavy atom. The summed E-state index contributed by atoms with van der Waals surface area (Å²) in [6.07, 6.45) is 0.801. The van der Waals surface area contributed by atoms with E-state index >= 15 is 0 Å². The lowest BCUT2D eigenvalue weighted by molar-refractivity contribution is 0.0909. The highest BCUT2D eigenvalue weighted by atomic mass is 79.9. The molecule has 6 nitrogen and oxygen atoms in total. The fourth-order valence-corrected chi connectivity index (χ4v) is 4.16. The van der Waals surface area contributed by atoms with Gasteiger partial charge >= 0.3 is 6.09 Å². The number of benzene rings is 2. The topological polar surface area (TPSA) is 67.9 Å². The molecule has 4 rings (SSSR count). The van der Waals surface area contributed by atoms with Gasteiger partial charge in [0.05, 0.1) is 16.1 Å². The molecule has 30 heavy (non-hydrogen) atoms. The first kappa shape index (κ1) is 20.9. The summed E-state index contributed by atoms with van der Waals surface area (Å²) < 4.78 is 26.0. The van der Waals surface area contributed by atoms with Crippen LogP contribution < -0.4 is 10.1 Å². The average molecular weight is 498 g/mol. The Morgan fingerprint density at radius 1 is 1.33 bits per heavy atom. The van der Waals surface area contributed by atoms with Crippen LogP contribution in [-0.4, -0.2) is 42.2 Å². The molecular weight excluding hydrogens is 479 g/mol. The summed E-state index contributed by atoms with van der Waals surface area (Å²) in [7, 11) is 0. The van der Waals surface area contributed by atoms with Gasteiger partial charge in [-0.05, 0) is 45.8 Å². The van der Waals surface area contributed by atoms with Crippen LogP contribution in [-0.2, 0) is 11.3 Å². The summed E-state index contributed by atoms with van der Waals surface area (Å²) in [4.78, 5) is 25.9. The lowest BCUT2D eigenvalue weighted by Crippen LogP contribution is -2.44. The van der Waals surface area contributed by atoms with Crippen molar-refractivity contribution in [2.75, 3.05) is 13.2 Å². The van der Waals surface area contributed by atoms with Crippen LogP contribution in [0, 0.1) is 5.82 Å². The molecule has 2 aromatic rings. The van der Waals surface area contributed by atoms with E-state index in [1.165, 1.54) is 12.1 Å². The first-order valence-corrected chi connectivity index (χ1v) is 10.7. The van der Waals surface area contributed by atoms with E-state index in [-0.39, 0.29) is 30.3 Å². The van der Waals surface area contributed by atoms with E-state index in [2.05, 4.69) is 21.2 Å². The molecule has 0 bridgehead atoms. The van der Waals surface area contributed by atoms with Gasteiger partial charge in [0, 0.05) is 31.0 Å². The minimum Gasteiger partial charge on any atom is -0.489 e. The van der Waals surface area contributed by atoms with Crippen molar-refractivity contribution in [1.29, 1.82) is 0 Å². The van der Waals surface area contributed by atoms with Gasteiger partial charge in [-0.25, -0.2) is 9.18 Å². The second-order valence-electron chi connectivity index (χ2n) is 7.26. The van der Waals surface area contributed by atoms with Crippen LogP contribution in [0.4, 0.5) is 9.18 Å². The number of amides is 2. The highest BCUT2D eigenvalue weighted by Gasteiger charge is 2.39. The van der Waals surface area contributed by atoms with Gasteiger partial charge in [-0.1, -0.05) is 23.7 Å². The number of halogens is 3. The molecule has 2 aliphatic rings. The van der Waals surface area contributed by atoms with Crippen molar-refractivity contribution < 1.29 is 23.5 Å². The van der Waals surface area contributed by atoms with E-state index in [0.717, 1.165) is 5.56 Å². The van der Waals surface area contributed by atoms with Crippen LogP contribution in [0.1, 0.15) is 28.8 Å². The van der Waals surface area contributed by atoms with E-state index in [9.17, 15) is 14.0 Å². The molecule has 0 aliphatic carbocycles. The predicted octanol–water partition coefficient (Wildman–Crippen LogP) is 4.53. The smallest absolute Gasteiger partial charge is 0.410 e. The van der Waals surface area contributed by atoms with Gasteiger partial charge in [-0.2, -0.15) is 0 Å². The highest BCUT2D eigenvalue weighted by Crippen LogP contribution is 2.32. The molecule has 2 heterocycles. The molecule has 1 N–H and O–H groups in total. The molecule has 158 valence electrons. The average Bonchev–Trinajstić information content (AvgIpc) is 3.09. The van der Waals surface area contributed by atoms with Crippen LogP contribution in [0.25, 0.3) is 0 Å². The Balaban J connectivity index is 1.43. The van der Waals surface area contributed by atoms with E-state index in [1.54, 1.807) is 29.2 Å². The zero-order valence-corrected chi connectivity index (χ0v) is 18.2. The van der Waals surface area contributed by atoms with Gasteiger partial charge in [0.1, 0.15) is 24.3 Å². The monoisotopic (exact) mass is 496 g/mol. The SMILES string of the molecule is O=C(NCc1ccc(Cl)cc1)c1cc(O[C@H]2CCN3C(=O)OC[C@@H]3C2)c(Br)cc1F. The molecule has 2 fully saturated rings. The molecule has 0 unspecified atom stereocenters. The van der Waals surface area contributed by atoms with Crippen LogP contribution in [0.3, 0.4) is 0 Å². The molecule has 0 saturated carbocycles. The maximum atomic E-state index is 14.4. The number of carbonyl (C=O) groups excluding carboxylic acids is 2. The van der Waals surface area contributed by atoms with E-state index in [4.69, 9.17) is 21.1 Å². The third-order valence-electron chi connectivity index (χ3n) is 5.23. The number of nitrogens with one attached hydrogen (secondary N) is 1. The Hall–Kier alpha value is -2.32. The Bertz CT molecular complexity index is 972. The predicted molar refractivity (Wildman–Crippen MR) is 112 cm³/mol.